The Labute approximate surface area is 219 Å². The van der Waals surface area contributed by atoms with Gasteiger partial charge in [-0.3, -0.25) is 14.4 Å². The van der Waals surface area contributed by atoms with Crippen molar-refractivity contribution in [2.75, 3.05) is 25.7 Å². The normalized spacial score (nSPS) is 13.7. The zero-order valence-corrected chi connectivity index (χ0v) is 23.5. The second-order valence-corrected chi connectivity index (χ2v) is 10.6. The Hall–Kier alpha value is -2.75. The van der Waals surface area contributed by atoms with Gasteiger partial charge in [-0.1, -0.05) is 36.8 Å². The third kappa shape index (κ3) is 10.1. The van der Waals surface area contributed by atoms with Crippen LogP contribution in [-0.2, 0) is 23.9 Å². The van der Waals surface area contributed by atoms with E-state index in [1.807, 2.05) is 45.2 Å². The molecule has 3 atom stereocenters. The zero-order valence-electron chi connectivity index (χ0n) is 22.7. The highest BCUT2D eigenvalue weighted by molar-refractivity contribution is 7.98. The van der Waals surface area contributed by atoms with Crippen molar-refractivity contribution in [3.63, 3.8) is 0 Å². The molecule has 1 aromatic rings. The van der Waals surface area contributed by atoms with Gasteiger partial charge >= 0.3 is 12.1 Å². The van der Waals surface area contributed by atoms with Crippen molar-refractivity contribution >= 4 is 35.6 Å². The van der Waals surface area contributed by atoms with E-state index in [4.69, 9.17) is 4.74 Å². The summed E-state index contributed by atoms with van der Waals surface area (Å²) < 4.78 is 10.0. The molecule has 36 heavy (non-hydrogen) atoms. The van der Waals surface area contributed by atoms with Gasteiger partial charge in [-0.25, -0.2) is 4.79 Å². The van der Waals surface area contributed by atoms with Crippen molar-refractivity contribution < 1.29 is 28.7 Å². The minimum atomic E-state index is -1.02. The number of benzene rings is 1. The number of amides is 3. The van der Waals surface area contributed by atoms with E-state index in [-0.39, 0.29) is 12.6 Å². The maximum Gasteiger partial charge on any atom is 0.408 e. The summed E-state index contributed by atoms with van der Waals surface area (Å²) in [7, 11) is 1.24. The van der Waals surface area contributed by atoms with Crippen molar-refractivity contribution in [2.45, 2.75) is 78.1 Å². The van der Waals surface area contributed by atoms with E-state index < -0.39 is 41.6 Å². The van der Waals surface area contributed by atoms with Crippen LogP contribution in [0.3, 0.4) is 0 Å². The summed E-state index contributed by atoms with van der Waals surface area (Å²) in [4.78, 5) is 53.3. The first-order chi connectivity index (χ1) is 16.8. The summed E-state index contributed by atoms with van der Waals surface area (Å²) in [6, 6.07) is 5.06. The largest absolute Gasteiger partial charge is 0.468 e. The second-order valence-electron chi connectivity index (χ2n) is 9.59. The number of ether oxygens (including phenoxy) is 2. The third-order valence-corrected chi connectivity index (χ3v) is 6.08. The monoisotopic (exact) mass is 523 g/mol. The predicted octanol–water partition coefficient (Wildman–Crippen LogP) is 3.60. The van der Waals surface area contributed by atoms with Gasteiger partial charge in [0.25, 0.3) is 0 Å². The number of thioether (sulfide) groups is 1. The Morgan fingerprint density at radius 1 is 1.17 bits per heavy atom. The molecule has 0 heterocycles. The van der Waals surface area contributed by atoms with E-state index >= 15 is 0 Å². The molecule has 0 aliphatic rings. The predicted molar refractivity (Wildman–Crippen MR) is 142 cm³/mol. The van der Waals surface area contributed by atoms with E-state index in [1.54, 1.807) is 38.6 Å². The molecule has 2 N–H and O–H groups in total. The fourth-order valence-corrected chi connectivity index (χ4v) is 4.00. The molecule has 0 saturated carbocycles. The highest BCUT2D eigenvalue weighted by atomic mass is 32.2. The van der Waals surface area contributed by atoms with E-state index in [1.165, 1.54) is 12.0 Å². The summed E-state index contributed by atoms with van der Waals surface area (Å²) in [5, 5.41) is 5.31. The number of hydrogen-bond acceptors (Lipinski definition) is 7. The van der Waals surface area contributed by atoms with Crippen LogP contribution >= 0.6 is 11.8 Å². The summed E-state index contributed by atoms with van der Waals surface area (Å²) in [5.74, 6) is -0.897. The van der Waals surface area contributed by atoms with Crippen LogP contribution in [0.2, 0.25) is 0 Å². The number of nitrogens with one attached hydrogen (secondary N) is 2. The van der Waals surface area contributed by atoms with E-state index in [2.05, 4.69) is 15.4 Å². The van der Waals surface area contributed by atoms with Gasteiger partial charge in [0.2, 0.25) is 11.8 Å². The number of rotatable bonds is 12. The van der Waals surface area contributed by atoms with Gasteiger partial charge in [-0.15, -0.1) is 0 Å². The molecule has 9 nitrogen and oxygen atoms in total. The molecular weight excluding hydrogens is 482 g/mol. The summed E-state index contributed by atoms with van der Waals surface area (Å²) in [6.45, 7) is 10.6. The molecule has 0 radical (unpaired) electrons. The Morgan fingerprint density at radius 2 is 1.83 bits per heavy atom. The minimum absolute atomic E-state index is 0.327. The minimum Gasteiger partial charge on any atom is -0.468 e. The summed E-state index contributed by atoms with van der Waals surface area (Å²) in [6.07, 6.45) is 2.14. The fraction of sp³-hybridized carbons (Fsp3) is 0.615. The quantitative estimate of drug-likeness (QED) is 0.402. The lowest BCUT2D eigenvalue weighted by molar-refractivity contribution is -0.146. The maximum atomic E-state index is 14.0. The third-order valence-electron chi connectivity index (χ3n) is 5.44. The Kier molecular flexibility index (Phi) is 12.8. The highest BCUT2D eigenvalue weighted by Gasteiger charge is 2.38. The smallest absolute Gasteiger partial charge is 0.408 e. The van der Waals surface area contributed by atoms with Crippen LogP contribution in [0.15, 0.2) is 24.3 Å². The molecule has 0 fully saturated rings. The lowest BCUT2D eigenvalue weighted by Gasteiger charge is -2.38. The van der Waals surface area contributed by atoms with Gasteiger partial charge in [0.15, 0.2) is 0 Å². The molecule has 0 aliphatic heterocycles. The topological polar surface area (TPSA) is 114 Å². The maximum absolute atomic E-state index is 14.0. The summed E-state index contributed by atoms with van der Waals surface area (Å²) >= 11 is 1.55. The fourth-order valence-electron chi connectivity index (χ4n) is 3.53. The number of nitrogens with zero attached hydrogens (tertiary/aromatic N) is 1. The van der Waals surface area contributed by atoms with Crippen molar-refractivity contribution in [2.24, 2.45) is 0 Å². The van der Waals surface area contributed by atoms with Gasteiger partial charge in [0, 0.05) is 6.04 Å². The van der Waals surface area contributed by atoms with Crippen LogP contribution in [-0.4, -0.2) is 72.1 Å². The van der Waals surface area contributed by atoms with Gasteiger partial charge in [0.1, 0.15) is 24.2 Å². The molecule has 0 bridgehead atoms. The molecular formula is C26H41N3O6S. The SMILES string of the molecule is CCC(C)N(C(=O)C(CCSC)NC(=O)OC(C)(C)C)C(C(=O)NCC(=O)OC)c1cccc(C)c1. The molecule has 10 heteroatoms. The van der Waals surface area contributed by atoms with Gasteiger partial charge in [0.05, 0.1) is 7.11 Å². The number of alkyl carbamates (subject to hydrolysis) is 1. The number of aryl methyl sites for hydroxylation is 1. The number of carbonyl (C=O) groups excluding carboxylic acids is 4. The molecule has 3 amide bonds. The number of hydrogen-bond donors (Lipinski definition) is 2. The van der Waals surface area contributed by atoms with Crippen molar-refractivity contribution in [3.05, 3.63) is 35.4 Å². The molecule has 1 rings (SSSR count). The molecule has 0 saturated heterocycles. The standard InChI is InChI=1S/C26H41N3O6S/c1-9-18(3)29(24(32)20(13-14-36-8)28-25(33)35-26(4,5)6)22(19-12-10-11-17(2)15-19)23(31)27-16-21(30)34-7/h10-12,15,18,20,22H,9,13-14,16H2,1-8H3,(H,27,31)(H,28,33). The van der Waals surface area contributed by atoms with Crippen molar-refractivity contribution in [1.29, 1.82) is 0 Å². The number of carbonyl (C=O) groups is 4. The Balaban J connectivity index is 3.48. The Morgan fingerprint density at radius 3 is 2.36 bits per heavy atom. The lowest BCUT2D eigenvalue weighted by Crippen LogP contribution is -2.55. The summed E-state index contributed by atoms with van der Waals surface area (Å²) in [5.41, 5.74) is 0.790. The van der Waals surface area contributed by atoms with E-state index in [9.17, 15) is 19.2 Å². The lowest BCUT2D eigenvalue weighted by atomic mass is 9.98. The van der Waals surface area contributed by atoms with Crippen LogP contribution in [0, 0.1) is 6.92 Å². The van der Waals surface area contributed by atoms with Gasteiger partial charge in [-0.05, 0) is 65.0 Å². The van der Waals surface area contributed by atoms with Crippen LogP contribution in [0.5, 0.6) is 0 Å². The Bertz CT molecular complexity index is 902. The first-order valence-electron chi connectivity index (χ1n) is 12.1. The first kappa shape index (κ1) is 31.3. The van der Waals surface area contributed by atoms with Crippen molar-refractivity contribution in [1.82, 2.24) is 15.5 Å². The molecule has 1 aromatic carbocycles. The average Bonchev–Trinajstić information content (AvgIpc) is 2.81. The number of methoxy groups -OCH3 is 1. The van der Waals surface area contributed by atoms with E-state index in [0.29, 0.717) is 24.2 Å². The molecule has 0 aromatic heterocycles. The van der Waals surface area contributed by atoms with Crippen LogP contribution < -0.4 is 10.6 Å². The molecule has 202 valence electrons. The molecule has 0 aliphatic carbocycles. The van der Waals surface area contributed by atoms with E-state index in [0.717, 1.165) is 5.56 Å². The second kappa shape index (κ2) is 14.7. The molecule has 3 unspecified atom stereocenters. The van der Waals surface area contributed by atoms with Crippen LogP contribution in [0.1, 0.15) is 64.6 Å². The van der Waals surface area contributed by atoms with Gasteiger partial charge < -0.3 is 25.0 Å². The highest BCUT2D eigenvalue weighted by Crippen LogP contribution is 2.27. The zero-order chi connectivity index (χ0) is 27.5. The van der Waals surface area contributed by atoms with Gasteiger partial charge in [-0.2, -0.15) is 11.8 Å². The first-order valence-corrected chi connectivity index (χ1v) is 13.5. The van der Waals surface area contributed by atoms with Crippen LogP contribution in [0.4, 0.5) is 4.79 Å². The van der Waals surface area contributed by atoms with Crippen LogP contribution in [0.25, 0.3) is 0 Å². The number of esters is 1. The van der Waals surface area contributed by atoms with Crippen molar-refractivity contribution in [3.8, 4) is 0 Å². The average molecular weight is 524 g/mol. The molecule has 0 spiro atoms.